The summed E-state index contributed by atoms with van der Waals surface area (Å²) in [6.07, 6.45) is 8.92. The summed E-state index contributed by atoms with van der Waals surface area (Å²) in [5.74, 6) is 2.34. The van der Waals surface area contributed by atoms with Crippen molar-refractivity contribution >= 4 is 0 Å². The van der Waals surface area contributed by atoms with Crippen LogP contribution in [0.25, 0.3) is 0 Å². The van der Waals surface area contributed by atoms with Crippen molar-refractivity contribution < 1.29 is 51.4 Å². The Labute approximate surface area is 96.5 Å². The van der Waals surface area contributed by atoms with E-state index in [0.29, 0.717) is 5.69 Å². The standard InChI is InChI=1S/C6H3N2.K/c1-2-6-3-4-7-5-8-6;/h1,3-4H;/q-1;+1. The SMILES string of the molecule is C#Cc1ccn[c-]n1.[K+]. The van der Waals surface area contributed by atoms with E-state index in [1.165, 1.54) is 0 Å². The van der Waals surface area contributed by atoms with Crippen molar-refractivity contribution in [3.63, 3.8) is 0 Å². The second-order valence-corrected chi connectivity index (χ2v) is 1.19. The Morgan fingerprint density at radius 1 is 1.67 bits per heavy atom. The van der Waals surface area contributed by atoms with Gasteiger partial charge in [0.2, 0.25) is 0 Å². The van der Waals surface area contributed by atoms with Gasteiger partial charge in [0, 0.05) is 12.0 Å². The molecule has 0 radical (unpaired) electrons. The maximum absolute atomic E-state index is 4.99. The molecule has 0 amide bonds. The fourth-order valence-corrected chi connectivity index (χ4v) is 0.342. The molecule has 0 saturated carbocycles. The van der Waals surface area contributed by atoms with E-state index in [1.54, 1.807) is 12.3 Å². The average Bonchev–Trinajstić information content (AvgIpc) is 1.90. The van der Waals surface area contributed by atoms with Crippen molar-refractivity contribution in [3.05, 3.63) is 24.3 Å². The molecule has 0 unspecified atom stereocenters. The Hall–Kier alpha value is 0.276. The van der Waals surface area contributed by atoms with Crippen LogP contribution in [0.3, 0.4) is 0 Å². The van der Waals surface area contributed by atoms with Crippen LogP contribution in [0.5, 0.6) is 0 Å². The van der Waals surface area contributed by atoms with Crippen LogP contribution in [-0.2, 0) is 0 Å². The summed E-state index contributed by atoms with van der Waals surface area (Å²) in [6, 6.07) is 1.65. The molecule has 0 aliphatic heterocycles. The van der Waals surface area contributed by atoms with E-state index in [0.717, 1.165) is 0 Å². The van der Waals surface area contributed by atoms with Crippen LogP contribution in [0, 0.1) is 18.7 Å². The second kappa shape index (κ2) is 5.09. The topological polar surface area (TPSA) is 25.8 Å². The van der Waals surface area contributed by atoms with Crippen LogP contribution in [0.4, 0.5) is 0 Å². The molecule has 0 saturated heterocycles. The smallest absolute Gasteiger partial charge is 0.374 e. The average molecular weight is 142 g/mol. The molecular formula is C6H3KN2. The molecule has 1 aromatic rings. The Balaban J connectivity index is 0.000000640. The molecule has 0 aromatic carbocycles. The predicted octanol–water partition coefficient (Wildman–Crippen LogP) is -2.74. The first-order chi connectivity index (χ1) is 3.93. The summed E-state index contributed by atoms with van der Waals surface area (Å²) < 4.78 is 0. The first kappa shape index (κ1) is 9.28. The van der Waals surface area contributed by atoms with Crippen LogP contribution in [0.2, 0.25) is 0 Å². The Morgan fingerprint density at radius 2 is 2.44 bits per heavy atom. The first-order valence-electron chi connectivity index (χ1n) is 2.09. The zero-order valence-electron chi connectivity index (χ0n) is 5.13. The molecule has 9 heavy (non-hydrogen) atoms. The van der Waals surface area contributed by atoms with Crippen molar-refractivity contribution in [1.82, 2.24) is 9.97 Å². The van der Waals surface area contributed by atoms with Crippen LogP contribution in [-0.4, -0.2) is 9.97 Å². The van der Waals surface area contributed by atoms with Crippen molar-refractivity contribution in [2.45, 2.75) is 0 Å². The van der Waals surface area contributed by atoms with E-state index in [4.69, 9.17) is 6.42 Å². The van der Waals surface area contributed by atoms with Gasteiger partial charge in [0.1, 0.15) is 0 Å². The van der Waals surface area contributed by atoms with Crippen LogP contribution < -0.4 is 51.4 Å². The van der Waals surface area contributed by atoms with Crippen molar-refractivity contribution in [2.24, 2.45) is 0 Å². The molecule has 2 nitrogen and oxygen atoms in total. The van der Waals surface area contributed by atoms with E-state index < -0.39 is 0 Å². The Morgan fingerprint density at radius 3 is 2.78 bits per heavy atom. The van der Waals surface area contributed by atoms with Gasteiger partial charge in [0.15, 0.2) is 0 Å². The van der Waals surface area contributed by atoms with Gasteiger partial charge in [-0.05, 0) is 0 Å². The zero-order valence-corrected chi connectivity index (χ0v) is 8.25. The minimum atomic E-state index is 0. The molecule has 0 fully saturated rings. The van der Waals surface area contributed by atoms with Gasteiger partial charge in [0.05, 0.1) is 0 Å². The van der Waals surface area contributed by atoms with Gasteiger partial charge >= 0.3 is 51.4 Å². The van der Waals surface area contributed by atoms with E-state index in [2.05, 4.69) is 22.2 Å². The molecule has 3 heteroatoms. The third-order valence-corrected chi connectivity index (χ3v) is 0.683. The third kappa shape index (κ3) is 3.09. The number of nitrogens with zero attached hydrogens (tertiary/aromatic N) is 2. The summed E-state index contributed by atoms with van der Waals surface area (Å²) in [4.78, 5) is 7.19. The summed E-state index contributed by atoms with van der Waals surface area (Å²) in [5, 5.41) is 0. The fourth-order valence-electron chi connectivity index (χ4n) is 0.342. The molecule has 0 atom stereocenters. The number of hydrogen-bond acceptors (Lipinski definition) is 2. The number of aromatic nitrogens is 2. The predicted molar refractivity (Wildman–Crippen MR) is 28.8 cm³/mol. The van der Waals surface area contributed by atoms with Gasteiger partial charge < -0.3 is 9.97 Å². The molecular weight excluding hydrogens is 139 g/mol. The number of hydrogen-bond donors (Lipinski definition) is 0. The second-order valence-electron chi connectivity index (χ2n) is 1.19. The van der Waals surface area contributed by atoms with Crippen LogP contribution in [0.1, 0.15) is 5.69 Å². The summed E-state index contributed by atoms with van der Waals surface area (Å²) in [6.45, 7) is 0. The largest absolute Gasteiger partial charge is 1.00 e. The van der Waals surface area contributed by atoms with E-state index in [-0.39, 0.29) is 51.4 Å². The number of terminal acetylenes is 1. The summed E-state index contributed by atoms with van der Waals surface area (Å²) in [7, 11) is 0. The molecule has 0 N–H and O–H groups in total. The molecule has 1 aromatic heterocycles. The zero-order chi connectivity index (χ0) is 5.82. The van der Waals surface area contributed by atoms with Gasteiger partial charge in [0.25, 0.3) is 0 Å². The molecule has 0 bridgehead atoms. The van der Waals surface area contributed by atoms with E-state index in [9.17, 15) is 0 Å². The number of rotatable bonds is 0. The van der Waals surface area contributed by atoms with Gasteiger partial charge in [-0.15, -0.1) is 18.4 Å². The minimum Gasteiger partial charge on any atom is -0.374 e. The van der Waals surface area contributed by atoms with Gasteiger partial charge in [-0.25, -0.2) is 0 Å². The van der Waals surface area contributed by atoms with Gasteiger partial charge in [-0.1, -0.05) is 6.20 Å². The maximum Gasteiger partial charge on any atom is 1.00 e. The van der Waals surface area contributed by atoms with Crippen LogP contribution >= 0.6 is 0 Å². The van der Waals surface area contributed by atoms with Crippen molar-refractivity contribution in [1.29, 1.82) is 0 Å². The minimum absolute atomic E-state index is 0. The van der Waals surface area contributed by atoms with Crippen LogP contribution in [0.15, 0.2) is 12.3 Å². The normalized spacial score (nSPS) is 7.00. The van der Waals surface area contributed by atoms with E-state index >= 15 is 0 Å². The van der Waals surface area contributed by atoms with Gasteiger partial charge in [-0.2, -0.15) is 0 Å². The fraction of sp³-hybridized carbons (Fsp3) is 0. The van der Waals surface area contributed by atoms with Crippen molar-refractivity contribution in [2.75, 3.05) is 0 Å². The third-order valence-electron chi connectivity index (χ3n) is 0.683. The molecule has 1 rings (SSSR count). The summed E-state index contributed by atoms with van der Waals surface area (Å²) >= 11 is 0. The molecule has 38 valence electrons. The molecule has 1 heterocycles. The maximum atomic E-state index is 4.99. The van der Waals surface area contributed by atoms with Gasteiger partial charge in [-0.3, -0.25) is 0 Å². The quantitative estimate of drug-likeness (QED) is 0.223. The summed E-state index contributed by atoms with van der Waals surface area (Å²) in [5.41, 5.74) is 0.569. The Bertz CT molecular complexity index is 202. The monoisotopic (exact) mass is 142 g/mol. The van der Waals surface area contributed by atoms with Crippen molar-refractivity contribution in [3.8, 4) is 12.3 Å². The Kier molecular flexibility index (Phi) is 5.25. The van der Waals surface area contributed by atoms with E-state index in [1.807, 2.05) is 0 Å². The first-order valence-corrected chi connectivity index (χ1v) is 2.09. The molecule has 0 spiro atoms. The molecule has 0 aliphatic carbocycles. The molecule has 0 aliphatic rings.